The van der Waals surface area contributed by atoms with Crippen LogP contribution in [0.3, 0.4) is 0 Å². The molecule has 0 atom stereocenters. The van der Waals surface area contributed by atoms with Crippen LogP contribution in [0.25, 0.3) is 0 Å². The molecule has 0 bridgehead atoms. The minimum atomic E-state index is 0.766. The fourth-order valence-corrected chi connectivity index (χ4v) is 1.60. The number of rotatable bonds is 8. The largest absolute Gasteiger partial charge is 0.425 e. The maximum Gasteiger partial charge on any atom is 0.217 e. The van der Waals surface area contributed by atoms with Crippen molar-refractivity contribution in [1.82, 2.24) is 15.5 Å². The second-order valence-electron chi connectivity index (χ2n) is 3.29. The first-order valence-electron chi connectivity index (χ1n) is 5.37. The van der Waals surface area contributed by atoms with Gasteiger partial charge >= 0.3 is 0 Å². The highest BCUT2D eigenvalue weighted by molar-refractivity contribution is 7.98. The summed E-state index contributed by atoms with van der Waals surface area (Å²) in [6.45, 7) is 4.13. The van der Waals surface area contributed by atoms with E-state index < -0.39 is 0 Å². The Morgan fingerprint density at radius 3 is 2.67 bits per heavy atom. The zero-order valence-corrected chi connectivity index (χ0v) is 10.3. The summed E-state index contributed by atoms with van der Waals surface area (Å²) in [6.07, 6.45) is 4.88. The smallest absolute Gasteiger partial charge is 0.217 e. The van der Waals surface area contributed by atoms with Crippen LogP contribution < -0.4 is 5.32 Å². The minimum absolute atomic E-state index is 0.766. The molecular weight excluding hydrogens is 210 g/mol. The molecule has 0 aliphatic carbocycles. The lowest BCUT2D eigenvalue weighted by Gasteiger charge is -1.97. The van der Waals surface area contributed by atoms with Crippen LogP contribution in [0, 0.1) is 0 Å². The van der Waals surface area contributed by atoms with Gasteiger partial charge in [0.2, 0.25) is 11.8 Å². The molecule has 0 aromatic carbocycles. The van der Waals surface area contributed by atoms with Crippen molar-refractivity contribution in [3.05, 3.63) is 11.8 Å². The molecule has 0 fully saturated rings. The van der Waals surface area contributed by atoms with Crippen molar-refractivity contribution in [1.29, 1.82) is 0 Å². The summed E-state index contributed by atoms with van der Waals surface area (Å²) in [5, 5.41) is 11.3. The Morgan fingerprint density at radius 2 is 2.00 bits per heavy atom. The van der Waals surface area contributed by atoms with Gasteiger partial charge in [0.1, 0.15) is 0 Å². The van der Waals surface area contributed by atoms with Gasteiger partial charge < -0.3 is 9.73 Å². The summed E-state index contributed by atoms with van der Waals surface area (Å²) in [4.78, 5) is 0. The summed E-state index contributed by atoms with van der Waals surface area (Å²) in [6, 6.07) is 0. The Balaban J connectivity index is 2.20. The zero-order chi connectivity index (χ0) is 10.9. The highest BCUT2D eigenvalue weighted by Crippen LogP contribution is 2.05. The summed E-state index contributed by atoms with van der Waals surface area (Å²) in [5.74, 6) is 2.57. The third kappa shape index (κ3) is 5.18. The predicted molar refractivity (Wildman–Crippen MR) is 63.2 cm³/mol. The third-order valence-electron chi connectivity index (χ3n) is 2.02. The van der Waals surface area contributed by atoms with Crippen molar-refractivity contribution < 1.29 is 4.42 Å². The second kappa shape index (κ2) is 7.70. The van der Waals surface area contributed by atoms with Crippen LogP contribution in [0.2, 0.25) is 0 Å². The molecule has 0 spiro atoms. The Hall–Kier alpha value is -0.550. The molecule has 1 aromatic heterocycles. The average molecular weight is 229 g/mol. The second-order valence-corrected chi connectivity index (χ2v) is 4.28. The molecule has 0 aliphatic rings. The Morgan fingerprint density at radius 1 is 1.27 bits per heavy atom. The molecule has 4 nitrogen and oxygen atoms in total. The van der Waals surface area contributed by atoms with Crippen molar-refractivity contribution in [2.45, 2.75) is 26.2 Å². The van der Waals surface area contributed by atoms with Gasteiger partial charge in [-0.15, -0.1) is 10.2 Å². The number of nitrogens with one attached hydrogen (secondary N) is 1. The molecule has 1 N–H and O–H groups in total. The third-order valence-corrected chi connectivity index (χ3v) is 2.64. The van der Waals surface area contributed by atoms with Crippen LogP contribution >= 0.6 is 11.8 Å². The van der Waals surface area contributed by atoms with Gasteiger partial charge in [-0.3, -0.25) is 0 Å². The maximum atomic E-state index is 5.50. The molecule has 0 radical (unpaired) electrons. The molecule has 0 aliphatic heterocycles. The fourth-order valence-electron chi connectivity index (χ4n) is 1.22. The highest BCUT2D eigenvalue weighted by atomic mass is 32.2. The van der Waals surface area contributed by atoms with E-state index in [1.54, 1.807) is 11.8 Å². The van der Waals surface area contributed by atoms with Gasteiger partial charge in [-0.2, -0.15) is 11.8 Å². The van der Waals surface area contributed by atoms with Crippen LogP contribution in [0.1, 0.15) is 25.1 Å². The first kappa shape index (κ1) is 12.5. The summed E-state index contributed by atoms with van der Waals surface area (Å²) in [7, 11) is 0. The molecular formula is C10H19N3OS. The van der Waals surface area contributed by atoms with E-state index in [1.807, 2.05) is 0 Å². The molecule has 0 amide bonds. The quantitative estimate of drug-likeness (QED) is 0.685. The van der Waals surface area contributed by atoms with Crippen LogP contribution in [0.15, 0.2) is 4.42 Å². The van der Waals surface area contributed by atoms with E-state index in [0.717, 1.165) is 49.9 Å². The monoisotopic (exact) mass is 229 g/mol. The van der Waals surface area contributed by atoms with Gasteiger partial charge in [0.15, 0.2) is 0 Å². The van der Waals surface area contributed by atoms with E-state index in [-0.39, 0.29) is 0 Å². The summed E-state index contributed by atoms with van der Waals surface area (Å²) < 4.78 is 5.50. The molecule has 5 heteroatoms. The zero-order valence-electron chi connectivity index (χ0n) is 9.45. The predicted octanol–water partition coefficient (Wildman–Crippen LogP) is 1.52. The summed E-state index contributed by atoms with van der Waals surface area (Å²) in [5.41, 5.74) is 0. The van der Waals surface area contributed by atoms with Gasteiger partial charge in [0, 0.05) is 18.6 Å². The van der Waals surface area contributed by atoms with Crippen LogP contribution in [-0.4, -0.2) is 35.3 Å². The molecule has 1 rings (SSSR count). The van der Waals surface area contributed by atoms with E-state index in [2.05, 4.69) is 28.7 Å². The molecule has 86 valence electrons. The summed E-state index contributed by atoms with van der Waals surface area (Å²) >= 11 is 1.79. The van der Waals surface area contributed by atoms with E-state index in [4.69, 9.17) is 4.42 Å². The molecule has 0 saturated heterocycles. The van der Waals surface area contributed by atoms with Gasteiger partial charge in [-0.05, 0) is 25.8 Å². The van der Waals surface area contributed by atoms with Crippen LogP contribution in [0.5, 0.6) is 0 Å². The van der Waals surface area contributed by atoms with Gasteiger partial charge in [-0.25, -0.2) is 0 Å². The number of hydrogen-bond donors (Lipinski definition) is 1. The first-order chi connectivity index (χ1) is 7.36. The SMILES string of the molecule is CCNCCCc1nnc(CCSC)o1. The standard InChI is InChI=1S/C10H19N3OS/c1-3-11-7-4-5-9-12-13-10(14-9)6-8-15-2/h11H,3-8H2,1-2H3. The Bertz CT molecular complexity index is 265. The van der Waals surface area contributed by atoms with E-state index >= 15 is 0 Å². The van der Waals surface area contributed by atoms with E-state index in [0.29, 0.717) is 0 Å². The number of nitrogens with zero attached hydrogens (tertiary/aromatic N) is 2. The molecule has 0 unspecified atom stereocenters. The molecule has 1 heterocycles. The topological polar surface area (TPSA) is 51.0 Å². The molecule has 1 aromatic rings. The molecule has 0 saturated carbocycles. The highest BCUT2D eigenvalue weighted by Gasteiger charge is 2.04. The maximum absolute atomic E-state index is 5.50. The van der Waals surface area contributed by atoms with Gasteiger partial charge in [0.25, 0.3) is 0 Å². The first-order valence-corrected chi connectivity index (χ1v) is 6.77. The van der Waals surface area contributed by atoms with E-state index in [9.17, 15) is 0 Å². The van der Waals surface area contributed by atoms with Crippen LogP contribution in [-0.2, 0) is 12.8 Å². The minimum Gasteiger partial charge on any atom is -0.425 e. The number of thioether (sulfide) groups is 1. The normalized spacial score (nSPS) is 10.8. The lowest BCUT2D eigenvalue weighted by Crippen LogP contribution is -2.14. The number of aryl methyl sites for hydroxylation is 2. The average Bonchev–Trinajstić information content (AvgIpc) is 2.69. The number of hydrogen-bond acceptors (Lipinski definition) is 5. The van der Waals surface area contributed by atoms with Crippen molar-refractivity contribution in [2.24, 2.45) is 0 Å². The lowest BCUT2D eigenvalue weighted by atomic mass is 10.3. The van der Waals surface area contributed by atoms with Crippen molar-refractivity contribution >= 4 is 11.8 Å². The Labute approximate surface area is 95.2 Å². The van der Waals surface area contributed by atoms with Crippen LogP contribution in [0.4, 0.5) is 0 Å². The molecule has 15 heavy (non-hydrogen) atoms. The fraction of sp³-hybridized carbons (Fsp3) is 0.800. The van der Waals surface area contributed by atoms with Gasteiger partial charge in [0.05, 0.1) is 0 Å². The van der Waals surface area contributed by atoms with Crippen molar-refractivity contribution in [3.63, 3.8) is 0 Å². The number of aromatic nitrogens is 2. The lowest BCUT2D eigenvalue weighted by molar-refractivity contribution is 0.447. The van der Waals surface area contributed by atoms with E-state index in [1.165, 1.54) is 0 Å². The Kier molecular flexibility index (Phi) is 6.43. The van der Waals surface area contributed by atoms with Gasteiger partial charge in [-0.1, -0.05) is 6.92 Å². The van der Waals surface area contributed by atoms with Crippen molar-refractivity contribution in [2.75, 3.05) is 25.1 Å². The van der Waals surface area contributed by atoms with Crippen molar-refractivity contribution in [3.8, 4) is 0 Å².